The maximum atomic E-state index is 11.2. The van der Waals surface area contributed by atoms with Crippen LogP contribution in [0.4, 0.5) is 11.9 Å². The van der Waals surface area contributed by atoms with Crippen LogP contribution >= 0.6 is 23.2 Å². The number of anilines is 2. The van der Waals surface area contributed by atoms with Crippen molar-refractivity contribution in [2.75, 3.05) is 38.0 Å². The molecule has 0 saturated carbocycles. The molecule has 2 aromatic carbocycles. The Morgan fingerprint density at radius 3 is 1.63 bits per heavy atom. The van der Waals surface area contributed by atoms with Gasteiger partial charge in [0.25, 0.3) is 0 Å². The highest BCUT2D eigenvalue weighted by Gasteiger charge is 2.15. The molecule has 0 fully saturated rings. The Balaban J connectivity index is 0.000000171. The number of carbonyl (C=O) groups excluding carboxylic acids is 1. The molecule has 4 aromatic heterocycles. The van der Waals surface area contributed by atoms with E-state index in [4.69, 9.17) is 23.2 Å². The van der Waals surface area contributed by atoms with Gasteiger partial charge < -0.3 is 24.9 Å². The van der Waals surface area contributed by atoms with Gasteiger partial charge in [-0.25, -0.2) is 24.7 Å². The monoisotopic (exact) mass is 616 g/mol. The number of hydrogen-bond acceptors (Lipinski definition) is 8. The molecule has 0 atom stereocenters. The molecular formula is C30H26Cl2N8O3. The van der Waals surface area contributed by atoms with Crippen molar-refractivity contribution in [3.63, 3.8) is 0 Å². The normalized spacial score (nSPS) is 10.8. The number of nitrogens with zero attached hydrogens (tertiary/aromatic N) is 6. The van der Waals surface area contributed by atoms with E-state index in [0.717, 1.165) is 33.9 Å². The van der Waals surface area contributed by atoms with Crippen molar-refractivity contribution >= 4 is 69.2 Å². The average molecular weight is 617 g/mol. The molecule has 0 amide bonds. The van der Waals surface area contributed by atoms with E-state index in [9.17, 15) is 14.7 Å². The van der Waals surface area contributed by atoms with Crippen LogP contribution in [0.15, 0.2) is 61.4 Å². The molecule has 4 heterocycles. The number of H-pyrrole nitrogens is 2. The van der Waals surface area contributed by atoms with Crippen molar-refractivity contribution in [3.05, 3.63) is 82.6 Å². The van der Waals surface area contributed by atoms with Gasteiger partial charge in [0.2, 0.25) is 11.9 Å². The zero-order chi connectivity index (χ0) is 30.8. The number of nitrogens with one attached hydrogen (secondary N) is 2. The zero-order valence-corrected chi connectivity index (χ0v) is 25.1. The van der Waals surface area contributed by atoms with E-state index in [-0.39, 0.29) is 5.56 Å². The number of halogens is 2. The Kier molecular flexibility index (Phi) is 8.29. The molecule has 218 valence electrons. The van der Waals surface area contributed by atoms with Gasteiger partial charge in [-0.1, -0.05) is 23.2 Å². The topological polar surface area (TPSA) is 144 Å². The highest BCUT2D eigenvalue weighted by atomic mass is 35.5. The van der Waals surface area contributed by atoms with E-state index in [1.807, 2.05) is 39.2 Å². The van der Waals surface area contributed by atoms with Gasteiger partial charge in [0.05, 0.1) is 15.6 Å². The number of carboxylic acids is 1. The molecule has 0 aliphatic carbocycles. The van der Waals surface area contributed by atoms with Crippen molar-refractivity contribution in [2.24, 2.45) is 0 Å². The summed E-state index contributed by atoms with van der Waals surface area (Å²) < 4.78 is 0. The first-order chi connectivity index (χ1) is 20.6. The Bertz CT molecular complexity index is 1950. The average Bonchev–Trinajstić information content (AvgIpc) is 3.59. The van der Waals surface area contributed by atoms with Crippen molar-refractivity contribution in [2.45, 2.75) is 0 Å². The van der Waals surface area contributed by atoms with Gasteiger partial charge in [-0.05, 0) is 24.3 Å². The molecule has 0 spiro atoms. The van der Waals surface area contributed by atoms with Crippen LogP contribution in [-0.2, 0) is 0 Å². The molecule has 6 aromatic rings. The fourth-order valence-electron chi connectivity index (χ4n) is 4.41. The number of aromatic carboxylic acids is 1. The van der Waals surface area contributed by atoms with Gasteiger partial charge in [0.1, 0.15) is 0 Å². The standard InChI is InChI=1S/C15H13ClN4O2.C15H13ClN4O/c1-20(2)15-18-5-8(6-19-15)9-3-10-11(14(21)22)7-17-13(10)4-12(9)16;1-20(2)15-18-5-9(6-19-15)11-3-12-10(8-21)7-17-14(12)4-13(11)16/h3-7,17H,1-2H3,(H,21,22);3-8,17H,1-2H3. The van der Waals surface area contributed by atoms with E-state index in [0.29, 0.717) is 44.0 Å². The van der Waals surface area contributed by atoms with Gasteiger partial charge in [-0.3, -0.25) is 4.79 Å². The Morgan fingerprint density at radius 1 is 0.744 bits per heavy atom. The van der Waals surface area contributed by atoms with Gasteiger partial charge in [-0.15, -0.1) is 0 Å². The molecule has 0 aliphatic rings. The second-order valence-corrected chi connectivity index (χ2v) is 10.8. The van der Waals surface area contributed by atoms with E-state index in [2.05, 4.69) is 29.9 Å². The van der Waals surface area contributed by atoms with Gasteiger partial charge in [-0.2, -0.15) is 0 Å². The lowest BCUT2D eigenvalue weighted by molar-refractivity contribution is 0.0699. The van der Waals surface area contributed by atoms with Gasteiger partial charge in [0, 0.05) is 115 Å². The van der Waals surface area contributed by atoms with Crippen molar-refractivity contribution in [1.82, 2.24) is 29.9 Å². The summed E-state index contributed by atoms with van der Waals surface area (Å²) in [7, 11) is 7.47. The molecule has 43 heavy (non-hydrogen) atoms. The van der Waals surface area contributed by atoms with Crippen LogP contribution in [0.2, 0.25) is 10.0 Å². The quantitative estimate of drug-likeness (QED) is 0.186. The number of rotatable bonds is 6. The smallest absolute Gasteiger partial charge is 0.337 e. The molecule has 0 saturated heterocycles. The van der Waals surface area contributed by atoms with Crippen LogP contribution in [-0.4, -0.2) is 75.5 Å². The van der Waals surface area contributed by atoms with Crippen LogP contribution in [0.1, 0.15) is 20.7 Å². The number of carbonyl (C=O) groups is 2. The van der Waals surface area contributed by atoms with E-state index in [1.54, 1.807) is 54.1 Å². The molecule has 11 nitrogen and oxygen atoms in total. The summed E-state index contributed by atoms with van der Waals surface area (Å²) in [6.45, 7) is 0. The van der Waals surface area contributed by atoms with Crippen LogP contribution < -0.4 is 9.80 Å². The second-order valence-electron chi connectivity index (χ2n) is 9.96. The Morgan fingerprint density at radius 2 is 1.19 bits per heavy atom. The number of benzene rings is 2. The van der Waals surface area contributed by atoms with Crippen molar-refractivity contribution < 1.29 is 14.7 Å². The summed E-state index contributed by atoms with van der Waals surface area (Å²) in [5, 5.41) is 11.7. The first kappa shape index (κ1) is 29.5. The Hall–Kier alpha value is -5.00. The SMILES string of the molecule is CN(C)c1ncc(-c2cc3c(C(=O)O)c[nH]c3cc2Cl)cn1.CN(C)c1ncc(-c2cc3c(C=O)c[nH]c3cc2Cl)cn1. The van der Waals surface area contributed by atoms with Gasteiger partial charge in [0.15, 0.2) is 6.29 Å². The highest BCUT2D eigenvalue weighted by molar-refractivity contribution is 6.34. The molecule has 0 radical (unpaired) electrons. The number of aromatic amines is 2. The van der Waals surface area contributed by atoms with Gasteiger partial charge >= 0.3 is 5.97 Å². The van der Waals surface area contributed by atoms with Crippen LogP contribution in [0.5, 0.6) is 0 Å². The summed E-state index contributed by atoms with van der Waals surface area (Å²) in [6, 6.07) is 7.13. The molecule has 0 aliphatic heterocycles. The number of hydrogen-bond donors (Lipinski definition) is 3. The molecule has 0 bridgehead atoms. The maximum Gasteiger partial charge on any atom is 0.337 e. The summed E-state index contributed by atoms with van der Waals surface area (Å²) >= 11 is 12.6. The number of fused-ring (bicyclic) bond motifs is 2. The summed E-state index contributed by atoms with van der Waals surface area (Å²) in [5.41, 5.74) is 5.36. The minimum atomic E-state index is -0.987. The molecular weight excluding hydrogens is 591 g/mol. The zero-order valence-electron chi connectivity index (χ0n) is 23.6. The Labute approximate surface area is 256 Å². The lowest BCUT2D eigenvalue weighted by atomic mass is 10.0. The van der Waals surface area contributed by atoms with Crippen molar-refractivity contribution in [3.8, 4) is 22.3 Å². The highest BCUT2D eigenvalue weighted by Crippen LogP contribution is 2.34. The minimum Gasteiger partial charge on any atom is -0.478 e. The summed E-state index contributed by atoms with van der Waals surface area (Å²) in [4.78, 5) is 48.9. The third-order valence-corrected chi connectivity index (χ3v) is 7.25. The predicted molar refractivity (Wildman–Crippen MR) is 170 cm³/mol. The largest absolute Gasteiger partial charge is 0.478 e. The minimum absolute atomic E-state index is 0.207. The number of aldehydes is 1. The maximum absolute atomic E-state index is 11.2. The first-order valence-electron chi connectivity index (χ1n) is 12.9. The first-order valence-corrected chi connectivity index (χ1v) is 13.6. The molecule has 13 heteroatoms. The van der Waals surface area contributed by atoms with Crippen LogP contribution in [0, 0.1) is 0 Å². The molecule has 6 rings (SSSR count). The lowest BCUT2D eigenvalue weighted by Gasteiger charge is -2.10. The van der Waals surface area contributed by atoms with E-state index in [1.165, 1.54) is 6.20 Å². The molecule has 3 N–H and O–H groups in total. The third-order valence-electron chi connectivity index (χ3n) is 6.63. The third kappa shape index (κ3) is 5.99. The molecule has 0 unspecified atom stereocenters. The summed E-state index contributed by atoms with van der Waals surface area (Å²) in [5.74, 6) is 0.235. The van der Waals surface area contributed by atoms with Crippen LogP contribution in [0.25, 0.3) is 44.1 Å². The van der Waals surface area contributed by atoms with E-state index >= 15 is 0 Å². The second kappa shape index (κ2) is 12.1. The van der Waals surface area contributed by atoms with Crippen molar-refractivity contribution in [1.29, 1.82) is 0 Å². The van der Waals surface area contributed by atoms with Crippen LogP contribution in [0.3, 0.4) is 0 Å². The number of aromatic nitrogens is 6. The van der Waals surface area contributed by atoms with E-state index < -0.39 is 5.97 Å². The predicted octanol–water partition coefficient (Wildman–Crippen LogP) is 6.20. The summed E-state index contributed by atoms with van der Waals surface area (Å²) in [6.07, 6.45) is 10.7. The lowest BCUT2D eigenvalue weighted by Crippen LogP contribution is -2.12. The number of carboxylic acid groups (broad SMARTS) is 1. The fraction of sp³-hybridized carbons (Fsp3) is 0.133. The fourth-order valence-corrected chi connectivity index (χ4v) is 4.95.